The largest absolute Gasteiger partial charge is 0.391 e. The van der Waals surface area contributed by atoms with E-state index in [2.05, 4.69) is 36.0 Å². The number of rotatable bonds is 8. The number of amides is 3. The number of likely N-dealkylation sites (tertiary alicyclic amines) is 1. The van der Waals surface area contributed by atoms with Gasteiger partial charge in [0.25, 0.3) is 5.91 Å². The van der Waals surface area contributed by atoms with Gasteiger partial charge in [0, 0.05) is 31.6 Å². The van der Waals surface area contributed by atoms with E-state index in [0.717, 1.165) is 21.6 Å². The average molecular weight is 573 g/mol. The second kappa shape index (κ2) is 12.0. The Kier molecular flexibility index (Phi) is 8.42. The van der Waals surface area contributed by atoms with Gasteiger partial charge in [-0.05, 0) is 28.7 Å². The van der Waals surface area contributed by atoms with E-state index in [-0.39, 0.29) is 43.1 Å². The van der Waals surface area contributed by atoms with Crippen molar-refractivity contribution in [3.63, 3.8) is 0 Å². The lowest BCUT2D eigenvalue weighted by atomic mass is 10.0. The third kappa shape index (κ3) is 5.58. The number of carbonyl (C=O) groups is 3. The van der Waals surface area contributed by atoms with Gasteiger partial charge in [0.15, 0.2) is 5.82 Å². The molecule has 0 unspecified atom stereocenters. The van der Waals surface area contributed by atoms with Gasteiger partial charge in [0.2, 0.25) is 11.8 Å². The first-order valence-corrected chi connectivity index (χ1v) is 14.5. The Morgan fingerprint density at radius 2 is 1.95 bits per heavy atom. The molecule has 3 aromatic rings. The zero-order valence-electron chi connectivity index (χ0n) is 22.2. The van der Waals surface area contributed by atoms with E-state index < -0.39 is 18.2 Å². The minimum Gasteiger partial charge on any atom is -0.391 e. The summed E-state index contributed by atoms with van der Waals surface area (Å²) >= 11 is 3.66. The highest BCUT2D eigenvalue weighted by Crippen LogP contribution is 2.34. The summed E-state index contributed by atoms with van der Waals surface area (Å²) in [6, 6.07) is 13.5. The van der Waals surface area contributed by atoms with Crippen molar-refractivity contribution >= 4 is 51.4 Å². The molecule has 0 bridgehead atoms. The Morgan fingerprint density at radius 1 is 1.20 bits per heavy atom. The van der Waals surface area contributed by atoms with Gasteiger partial charge in [-0.3, -0.25) is 14.4 Å². The number of aromatic nitrogens is 1. The summed E-state index contributed by atoms with van der Waals surface area (Å²) in [5.41, 5.74) is 5.02. The number of hydrogen-bond donors (Lipinski definition) is 2. The van der Waals surface area contributed by atoms with Crippen molar-refractivity contribution in [2.24, 2.45) is 15.1 Å². The SMILES string of the molecule is CC(C)[C@@H](C(=O)N1C[C@H](O)C[C@H]1C(=O)NCc1ccc(-c2scnc2/N=[N]/[Al])cc1)N1Cc2ccccc2C1=O. The van der Waals surface area contributed by atoms with Crippen molar-refractivity contribution < 1.29 is 19.5 Å². The number of benzene rings is 2. The number of thiazole rings is 1. The molecule has 2 aliphatic rings. The van der Waals surface area contributed by atoms with E-state index in [1.54, 1.807) is 16.5 Å². The molecule has 3 heterocycles. The van der Waals surface area contributed by atoms with Crippen molar-refractivity contribution in [2.45, 2.75) is 51.5 Å². The van der Waals surface area contributed by atoms with Crippen LogP contribution in [0.1, 0.15) is 41.8 Å². The maximum Gasteiger partial charge on any atom is 0.386 e. The Labute approximate surface area is 244 Å². The van der Waals surface area contributed by atoms with Crippen LogP contribution < -0.4 is 5.32 Å². The number of β-amino-alcohol motifs (C(OH)–C–C–N with tert-alkyl or cyclic N) is 1. The number of hydrogen-bond acceptors (Lipinski definition) is 8. The highest BCUT2D eigenvalue weighted by atomic mass is 32.1. The van der Waals surface area contributed by atoms with Gasteiger partial charge in [-0.2, -0.15) is 5.11 Å². The van der Waals surface area contributed by atoms with Crippen molar-refractivity contribution in [1.82, 2.24) is 20.1 Å². The third-order valence-electron chi connectivity index (χ3n) is 7.32. The average Bonchev–Trinajstić information content (AvgIpc) is 3.65. The van der Waals surface area contributed by atoms with E-state index >= 15 is 0 Å². The molecule has 0 saturated carbocycles. The predicted octanol–water partition coefficient (Wildman–Crippen LogP) is 3.24. The zero-order chi connectivity index (χ0) is 28.4. The van der Waals surface area contributed by atoms with Crippen LogP contribution in [0.25, 0.3) is 10.4 Å². The number of aliphatic hydroxyl groups is 1. The standard InChI is InChI=1S/C28H29N6O4S.Al/c1-16(2)23(34-13-19-5-3-4-6-21(19)27(34)37)28(38)33-14-20(35)11-22(33)26(36)30-12-17-7-9-18(10-8-17)24-25(32-29)31-15-39-24;/h3-10,15-16,20,22-23,35H,11-14H2,1-2H3,(H,30,36);/q-1;+1/t20-,22+,23+;/m1./s1. The quantitative estimate of drug-likeness (QED) is 0.317. The first kappa shape index (κ1) is 28.1. The van der Waals surface area contributed by atoms with E-state index in [4.69, 9.17) is 0 Å². The number of carbonyl (C=O) groups excluding carboxylic acids is 3. The third-order valence-corrected chi connectivity index (χ3v) is 8.30. The Bertz CT molecular complexity index is 1440. The molecule has 1 saturated heterocycles. The second-order valence-electron chi connectivity index (χ2n) is 10.3. The van der Waals surface area contributed by atoms with Crippen LogP contribution in [0.3, 0.4) is 0 Å². The van der Waals surface area contributed by atoms with Crippen LogP contribution in [-0.4, -0.2) is 78.9 Å². The molecule has 10 nitrogen and oxygen atoms in total. The summed E-state index contributed by atoms with van der Waals surface area (Å²) in [6.07, 6.45) is -0.668. The highest BCUT2D eigenvalue weighted by Gasteiger charge is 2.45. The van der Waals surface area contributed by atoms with Crippen molar-refractivity contribution in [1.29, 1.82) is 0 Å². The molecule has 0 spiro atoms. The van der Waals surface area contributed by atoms with Gasteiger partial charge in [0.1, 0.15) is 12.1 Å². The number of nitrogens with one attached hydrogen (secondary N) is 1. The molecule has 1 fully saturated rings. The molecule has 2 aliphatic heterocycles. The van der Waals surface area contributed by atoms with Crippen molar-refractivity contribution in [2.75, 3.05) is 6.54 Å². The van der Waals surface area contributed by atoms with Crippen LogP contribution in [-0.2, 0) is 22.7 Å². The molecule has 204 valence electrons. The minimum atomic E-state index is -0.819. The maximum atomic E-state index is 13.9. The number of aliphatic hydroxyl groups excluding tert-OH is 1. The van der Waals surface area contributed by atoms with Crippen molar-refractivity contribution in [3.8, 4) is 10.4 Å². The molecule has 0 aliphatic carbocycles. The highest BCUT2D eigenvalue weighted by molar-refractivity contribution is 7.13. The van der Waals surface area contributed by atoms with Gasteiger partial charge in [-0.1, -0.05) is 56.3 Å². The smallest absolute Gasteiger partial charge is 0.386 e. The van der Waals surface area contributed by atoms with E-state index in [1.165, 1.54) is 16.2 Å². The fraction of sp³-hybridized carbons (Fsp3) is 0.357. The monoisotopic (exact) mass is 572 g/mol. The first-order chi connectivity index (χ1) is 19.3. The molecule has 5 rings (SSSR count). The van der Waals surface area contributed by atoms with Gasteiger partial charge in [-0.25, -0.2) is 4.98 Å². The van der Waals surface area contributed by atoms with E-state index in [0.29, 0.717) is 17.9 Å². The molecule has 3 atom stereocenters. The number of fused-ring (bicyclic) bond motifs is 1. The summed E-state index contributed by atoms with van der Waals surface area (Å²) in [7, 11) is 0. The van der Waals surface area contributed by atoms with Gasteiger partial charge in [-0.15, -0.1) is 11.3 Å². The lowest BCUT2D eigenvalue weighted by Gasteiger charge is -2.35. The molecule has 2 radical (unpaired) electrons. The molecule has 3 amide bonds. The van der Waals surface area contributed by atoms with Gasteiger partial charge >= 0.3 is 16.5 Å². The summed E-state index contributed by atoms with van der Waals surface area (Å²) in [4.78, 5) is 48.4. The van der Waals surface area contributed by atoms with Crippen LogP contribution in [0.15, 0.2) is 63.3 Å². The molecular weight excluding hydrogens is 543 g/mol. The number of nitrogens with zero attached hydrogens (tertiary/aromatic N) is 5. The molecule has 1 aromatic heterocycles. The molecular formula is C28H29AlN6O4S. The Morgan fingerprint density at radius 3 is 2.65 bits per heavy atom. The van der Waals surface area contributed by atoms with Gasteiger partial charge in [0.05, 0.1) is 16.5 Å². The second-order valence-corrected chi connectivity index (χ2v) is 11.4. The van der Waals surface area contributed by atoms with Crippen molar-refractivity contribution in [3.05, 3.63) is 70.7 Å². The Hall–Kier alpha value is -3.43. The zero-order valence-corrected chi connectivity index (χ0v) is 24.2. The topological polar surface area (TPSA) is 128 Å². The van der Waals surface area contributed by atoms with Crippen LogP contribution in [0, 0.1) is 5.92 Å². The normalized spacial score (nSPS) is 19.4. The Balaban J connectivity index is 1.26. The molecule has 2 N–H and O–H groups in total. The van der Waals surface area contributed by atoms with Crippen LogP contribution in [0.4, 0.5) is 5.82 Å². The maximum absolute atomic E-state index is 13.9. The van der Waals surface area contributed by atoms with Gasteiger partial charge < -0.3 is 24.3 Å². The summed E-state index contributed by atoms with van der Waals surface area (Å²) in [6.45, 7) is 4.44. The minimum absolute atomic E-state index is 0.0502. The van der Waals surface area contributed by atoms with E-state index in [9.17, 15) is 19.5 Å². The fourth-order valence-corrected chi connectivity index (χ4v) is 6.24. The summed E-state index contributed by atoms with van der Waals surface area (Å²) < 4.78 is 3.72. The lowest BCUT2D eigenvalue weighted by molar-refractivity contribution is -0.143. The molecule has 12 heteroatoms. The summed E-state index contributed by atoms with van der Waals surface area (Å²) in [5, 5.41) is 17.4. The van der Waals surface area contributed by atoms with Crippen LogP contribution in [0.2, 0.25) is 0 Å². The predicted molar refractivity (Wildman–Crippen MR) is 151 cm³/mol. The lowest BCUT2D eigenvalue weighted by Crippen LogP contribution is -2.55. The summed E-state index contributed by atoms with van der Waals surface area (Å²) in [5.74, 6) is -0.473. The molecule has 40 heavy (non-hydrogen) atoms. The fourth-order valence-electron chi connectivity index (χ4n) is 5.40. The van der Waals surface area contributed by atoms with E-state index in [1.807, 2.05) is 56.3 Å². The van der Waals surface area contributed by atoms with Crippen LogP contribution >= 0.6 is 11.3 Å². The molecule has 2 aromatic carbocycles. The van der Waals surface area contributed by atoms with Crippen LogP contribution in [0.5, 0.6) is 0 Å². The first-order valence-electron chi connectivity index (χ1n) is 13.1.